The van der Waals surface area contributed by atoms with Gasteiger partial charge in [0, 0.05) is 54.8 Å². The fraction of sp³-hybridized carbons (Fsp3) is 0. The summed E-state index contributed by atoms with van der Waals surface area (Å²) in [5.74, 6) is 0.688. The van der Waals surface area contributed by atoms with Gasteiger partial charge in [-0.2, -0.15) is 0 Å². The lowest BCUT2D eigenvalue weighted by Gasteiger charge is -2.15. The quantitative estimate of drug-likeness (QED) is 0.174. The molecule has 0 N–H and O–H groups in total. The smallest absolute Gasteiger partial charge is 0.160 e. The first-order valence-electron chi connectivity index (χ1n) is 17.7. The van der Waals surface area contributed by atoms with E-state index in [-0.39, 0.29) is 0 Å². The molecule has 3 heterocycles. The van der Waals surface area contributed by atoms with E-state index in [2.05, 4.69) is 157 Å². The monoisotopic (exact) mass is 693 g/mol. The topological polar surface area (TPSA) is 38.7 Å². The second kappa shape index (κ2) is 13.1. The van der Waals surface area contributed by atoms with Crippen molar-refractivity contribution in [1.29, 1.82) is 0 Å². The lowest BCUT2D eigenvalue weighted by Crippen LogP contribution is -1.97. The fourth-order valence-electron chi connectivity index (χ4n) is 7.33. The summed E-state index contributed by atoms with van der Waals surface area (Å²) in [4.78, 5) is 14.8. The highest BCUT2D eigenvalue weighted by Crippen LogP contribution is 2.40. The molecule has 0 saturated heterocycles. The van der Waals surface area contributed by atoms with Crippen molar-refractivity contribution < 1.29 is 0 Å². The Balaban J connectivity index is 1.20. The average molecular weight is 694 g/mol. The summed E-state index contributed by atoms with van der Waals surface area (Å²) < 4.78 is 2.60. The molecule has 0 aliphatic carbocycles. The van der Waals surface area contributed by atoms with E-state index in [1.807, 2.05) is 41.8 Å². The maximum atomic E-state index is 5.28. The summed E-state index contributed by atoms with van der Waals surface area (Å²) >= 11 is 1.85. The normalized spacial score (nSPS) is 11.4. The van der Waals surface area contributed by atoms with Crippen LogP contribution in [-0.2, 0) is 0 Å². The molecular formula is C49H31N3S. The minimum Gasteiger partial charge on any atom is -0.264 e. The Morgan fingerprint density at radius 2 is 1.00 bits per heavy atom. The van der Waals surface area contributed by atoms with Gasteiger partial charge in [-0.15, -0.1) is 11.3 Å². The summed E-state index contributed by atoms with van der Waals surface area (Å²) in [6.07, 6.45) is 3.70. The zero-order valence-electron chi connectivity index (χ0n) is 28.6. The summed E-state index contributed by atoms with van der Waals surface area (Å²) in [6.45, 7) is 0. The second-order valence-corrected chi connectivity index (χ2v) is 14.4. The number of rotatable bonds is 6. The van der Waals surface area contributed by atoms with Gasteiger partial charge in [0.2, 0.25) is 0 Å². The van der Waals surface area contributed by atoms with Gasteiger partial charge in [0.25, 0.3) is 0 Å². The number of benzene rings is 7. The molecule has 3 aromatic heterocycles. The van der Waals surface area contributed by atoms with Crippen LogP contribution in [0.4, 0.5) is 0 Å². The third kappa shape index (κ3) is 5.85. The second-order valence-electron chi connectivity index (χ2n) is 13.3. The van der Waals surface area contributed by atoms with E-state index in [4.69, 9.17) is 9.97 Å². The number of aromatic nitrogens is 3. The third-order valence-corrected chi connectivity index (χ3v) is 11.1. The Morgan fingerprint density at radius 1 is 0.358 bits per heavy atom. The fourth-order valence-corrected chi connectivity index (χ4v) is 8.42. The Bertz CT molecular complexity index is 2940. The van der Waals surface area contributed by atoms with Crippen molar-refractivity contribution >= 4 is 42.3 Å². The van der Waals surface area contributed by atoms with Gasteiger partial charge in [-0.05, 0) is 93.2 Å². The third-order valence-electron chi connectivity index (χ3n) is 9.95. The predicted octanol–water partition coefficient (Wildman–Crippen LogP) is 13.4. The first-order valence-corrected chi connectivity index (χ1v) is 18.6. The molecule has 0 radical (unpaired) electrons. The van der Waals surface area contributed by atoms with Crippen molar-refractivity contribution in [1.82, 2.24) is 15.0 Å². The highest BCUT2D eigenvalue weighted by molar-refractivity contribution is 7.25. The van der Waals surface area contributed by atoms with Gasteiger partial charge in [0.05, 0.1) is 11.4 Å². The highest BCUT2D eigenvalue weighted by atomic mass is 32.1. The van der Waals surface area contributed by atoms with Gasteiger partial charge in [-0.25, -0.2) is 9.97 Å². The summed E-state index contributed by atoms with van der Waals surface area (Å²) in [5, 5.41) is 5.01. The van der Waals surface area contributed by atoms with Gasteiger partial charge in [0.1, 0.15) is 0 Å². The Kier molecular flexibility index (Phi) is 7.67. The van der Waals surface area contributed by atoms with Crippen LogP contribution >= 0.6 is 11.3 Å². The van der Waals surface area contributed by atoms with Crippen LogP contribution in [0.15, 0.2) is 188 Å². The molecule has 0 fully saturated rings. The molecule has 0 aliphatic heterocycles. The van der Waals surface area contributed by atoms with E-state index in [0.717, 1.165) is 50.3 Å². The van der Waals surface area contributed by atoms with Gasteiger partial charge in [-0.3, -0.25) is 4.98 Å². The van der Waals surface area contributed by atoms with Crippen molar-refractivity contribution in [2.45, 2.75) is 0 Å². The first kappa shape index (κ1) is 31.0. The van der Waals surface area contributed by atoms with Crippen molar-refractivity contribution in [3.63, 3.8) is 0 Å². The largest absolute Gasteiger partial charge is 0.264 e. The van der Waals surface area contributed by atoms with Crippen LogP contribution in [0.3, 0.4) is 0 Å². The van der Waals surface area contributed by atoms with Crippen LogP contribution in [0.1, 0.15) is 0 Å². The molecule has 7 aromatic carbocycles. The zero-order chi connectivity index (χ0) is 35.1. The van der Waals surface area contributed by atoms with Crippen LogP contribution in [-0.4, -0.2) is 15.0 Å². The van der Waals surface area contributed by atoms with E-state index < -0.39 is 0 Å². The summed E-state index contributed by atoms with van der Waals surface area (Å²) in [5.41, 5.74) is 11.6. The van der Waals surface area contributed by atoms with Crippen LogP contribution in [0.25, 0.3) is 98.2 Å². The molecule has 0 saturated carbocycles. The number of hydrogen-bond donors (Lipinski definition) is 0. The van der Waals surface area contributed by atoms with Crippen LogP contribution in [0.2, 0.25) is 0 Å². The van der Waals surface area contributed by atoms with E-state index in [9.17, 15) is 0 Å². The number of fused-ring (bicyclic) bond motifs is 4. The molecule has 3 nitrogen and oxygen atoms in total. The Morgan fingerprint density at radius 3 is 1.89 bits per heavy atom. The van der Waals surface area contributed by atoms with Crippen LogP contribution < -0.4 is 0 Å². The molecule has 248 valence electrons. The van der Waals surface area contributed by atoms with Crippen molar-refractivity contribution in [3.05, 3.63) is 188 Å². The standard InChI is InChI=1S/C49H31N3S/c1-2-12-33(13-3-1)49-51-45(36-16-8-15-34(25-36)37-17-10-24-50-31-37)30-46(52-49)40-27-38(26-39(28-40)42-20-9-14-32-11-4-5-18-41(32)42)35-22-23-48-44(29-35)43-19-6-7-21-47(43)53-48/h1-31H. The molecule has 0 amide bonds. The van der Waals surface area contributed by atoms with Gasteiger partial charge >= 0.3 is 0 Å². The van der Waals surface area contributed by atoms with Crippen LogP contribution in [0, 0.1) is 0 Å². The summed E-state index contributed by atoms with van der Waals surface area (Å²) in [6, 6.07) is 62.6. The van der Waals surface area contributed by atoms with Gasteiger partial charge < -0.3 is 0 Å². The summed E-state index contributed by atoms with van der Waals surface area (Å²) in [7, 11) is 0. The molecule has 53 heavy (non-hydrogen) atoms. The number of hydrogen-bond acceptors (Lipinski definition) is 4. The van der Waals surface area contributed by atoms with E-state index in [1.165, 1.54) is 42.1 Å². The average Bonchev–Trinajstić information content (AvgIpc) is 3.62. The zero-order valence-corrected chi connectivity index (χ0v) is 29.5. The van der Waals surface area contributed by atoms with Gasteiger partial charge in [0.15, 0.2) is 5.82 Å². The van der Waals surface area contributed by atoms with E-state index in [0.29, 0.717) is 5.82 Å². The molecule has 10 aromatic rings. The first-order chi connectivity index (χ1) is 26.2. The van der Waals surface area contributed by atoms with Gasteiger partial charge in [-0.1, -0.05) is 121 Å². The predicted molar refractivity (Wildman–Crippen MR) is 223 cm³/mol. The Labute approximate surface area is 311 Å². The number of thiophene rings is 1. The van der Waals surface area contributed by atoms with Crippen LogP contribution in [0.5, 0.6) is 0 Å². The molecule has 0 spiro atoms. The molecule has 0 aliphatic rings. The maximum absolute atomic E-state index is 5.28. The lowest BCUT2D eigenvalue weighted by atomic mass is 9.91. The molecule has 0 bridgehead atoms. The number of pyridine rings is 1. The van der Waals surface area contributed by atoms with E-state index >= 15 is 0 Å². The minimum atomic E-state index is 0.688. The molecule has 0 unspecified atom stereocenters. The molecule has 10 rings (SSSR count). The Hall–Kier alpha value is -6.75. The van der Waals surface area contributed by atoms with Crippen molar-refractivity contribution in [2.75, 3.05) is 0 Å². The molecule has 0 atom stereocenters. The van der Waals surface area contributed by atoms with E-state index in [1.54, 1.807) is 6.20 Å². The van der Waals surface area contributed by atoms with Crippen molar-refractivity contribution in [2.24, 2.45) is 0 Å². The lowest BCUT2D eigenvalue weighted by molar-refractivity contribution is 1.18. The SMILES string of the molecule is c1ccc(-c2nc(-c3cccc(-c4cccnc4)c3)cc(-c3cc(-c4ccc5sc6ccccc6c5c4)cc(-c4cccc5ccccc45)c3)n2)cc1. The van der Waals surface area contributed by atoms with Crippen molar-refractivity contribution in [3.8, 4) is 67.3 Å². The maximum Gasteiger partial charge on any atom is 0.160 e. The highest BCUT2D eigenvalue weighted by Gasteiger charge is 2.16. The molecular weight excluding hydrogens is 663 g/mol. The number of nitrogens with zero attached hydrogens (tertiary/aromatic N) is 3. The minimum absolute atomic E-state index is 0.688. The molecule has 4 heteroatoms.